The highest BCUT2D eigenvalue weighted by Gasteiger charge is 2.31. The maximum Gasteiger partial charge on any atom is 0.416 e. The lowest BCUT2D eigenvalue weighted by Gasteiger charge is -2.17. The molecule has 0 bridgehead atoms. The average Bonchev–Trinajstić information content (AvgIpc) is 2.60. The van der Waals surface area contributed by atoms with Crippen LogP contribution in [-0.4, -0.2) is 17.9 Å². The van der Waals surface area contributed by atoms with E-state index in [9.17, 15) is 22.8 Å². The Balaban J connectivity index is 2.22. The number of hydrogen-bond donors (Lipinski definition) is 2. The summed E-state index contributed by atoms with van der Waals surface area (Å²) < 4.78 is 38.3. The molecule has 26 heavy (non-hydrogen) atoms. The molecule has 0 fully saturated rings. The number of rotatable bonds is 5. The minimum absolute atomic E-state index is 0.0518. The van der Waals surface area contributed by atoms with E-state index in [-0.39, 0.29) is 12.0 Å². The minimum atomic E-state index is -4.59. The van der Waals surface area contributed by atoms with E-state index in [2.05, 4.69) is 5.32 Å². The zero-order valence-electron chi connectivity index (χ0n) is 13.4. The van der Waals surface area contributed by atoms with Crippen LogP contribution in [-0.2, 0) is 17.4 Å². The van der Waals surface area contributed by atoms with Crippen LogP contribution in [0, 0.1) is 11.3 Å². The predicted octanol–water partition coefficient (Wildman–Crippen LogP) is 2.40. The van der Waals surface area contributed by atoms with Gasteiger partial charge in [-0.2, -0.15) is 18.4 Å². The highest BCUT2D eigenvalue weighted by Crippen LogP contribution is 2.29. The molecule has 2 amide bonds. The van der Waals surface area contributed by atoms with E-state index in [4.69, 9.17) is 11.0 Å². The molecule has 0 radical (unpaired) electrons. The van der Waals surface area contributed by atoms with Crippen molar-refractivity contribution in [2.24, 2.45) is 5.73 Å². The Morgan fingerprint density at radius 2 is 1.85 bits per heavy atom. The number of carbonyl (C=O) groups excluding carboxylic acids is 2. The third-order valence-corrected chi connectivity index (χ3v) is 3.66. The van der Waals surface area contributed by atoms with Gasteiger partial charge in [0.05, 0.1) is 17.2 Å². The lowest BCUT2D eigenvalue weighted by atomic mass is 10.00. The molecule has 0 aliphatic carbocycles. The van der Waals surface area contributed by atoms with Gasteiger partial charge in [0.15, 0.2) is 0 Å². The Morgan fingerprint density at radius 3 is 2.46 bits per heavy atom. The first kappa shape index (κ1) is 19.0. The number of nitrogens with two attached hydrogens (primary N) is 1. The number of amides is 2. The molecule has 0 spiro atoms. The Kier molecular flexibility index (Phi) is 5.62. The third-order valence-electron chi connectivity index (χ3n) is 3.66. The fourth-order valence-electron chi connectivity index (χ4n) is 2.33. The maximum atomic E-state index is 12.8. The van der Waals surface area contributed by atoms with Crippen molar-refractivity contribution in [1.29, 1.82) is 5.26 Å². The van der Waals surface area contributed by atoms with Crippen molar-refractivity contribution >= 4 is 11.8 Å². The number of nitrogens with one attached hydrogen (secondary N) is 1. The van der Waals surface area contributed by atoms with E-state index in [0.29, 0.717) is 17.2 Å². The summed E-state index contributed by atoms with van der Waals surface area (Å²) in [7, 11) is 0. The van der Waals surface area contributed by atoms with Crippen LogP contribution in [0.15, 0.2) is 48.5 Å². The quantitative estimate of drug-likeness (QED) is 0.856. The Hall–Kier alpha value is -3.34. The molecular formula is C18H14F3N3O2. The zero-order chi connectivity index (χ0) is 19.3. The number of hydrogen-bond acceptors (Lipinski definition) is 3. The third kappa shape index (κ3) is 4.60. The SMILES string of the molecule is N#Cc1ccccc1C[C@@H](NC(=O)c1cccc(C(F)(F)F)c1)C(N)=O. The van der Waals surface area contributed by atoms with Crippen molar-refractivity contribution in [1.82, 2.24) is 5.32 Å². The van der Waals surface area contributed by atoms with Crippen LogP contribution in [0.25, 0.3) is 0 Å². The van der Waals surface area contributed by atoms with Crippen LogP contribution >= 0.6 is 0 Å². The lowest BCUT2D eigenvalue weighted by molar-refractivity contribution is -0.137. The molecule has 0 aliphatic heterocycles. The van der Waals surface area contributed by atoms with E-state index < -0.39 is 29.6 Å². The van der Waals surface area contributed by atoms with Crippen LogP contribution < -0.4 is 11.1 Å². The molecule has 2 rings (SSSR count). The summed E-state index contributed by atoms with van der Waals surface area (Å²) in [5.74, 6) is -1.73. The summed E-state index contributed by atoms with van der Waals surface area (Å²) in [6.45, 7) is 0. The Bertz CT molecular complexity index is 872. The van der Waals surface area contributed by atoms with Gasteiger partial charge in [-0.25, -0.2) is 0 Å². The monoisotopic (exact) mass is 361 g/mol. The first-order valence-corrected chi connectivity index (χ1v) is 7.48. The molecule has 0 saturated carbocycles. The van der Waals surface area contributed by atoms with E-state index in [1.165, 1.54) is 6.07 Å². The number of primary amides is 1. The topological polar surface area (TPSA) is 96.0 Å². The highest BCUT2D eigenvalue weighted by atomic mass is 19.4. The van der Waals surface area contributed by atoms with Gasteiger partial charge in [-0.15, -0.1) is 0 Å². The first-order valence-electron chi connectivity index (χ1n) is 7.48. The lowest BCUT2D eigenvalue weighted by Crippen LogP contribution is -2.46. The molecule has 8 heteroatoms. The van der Waals surface area contributed by atoms with Crippen molar-refractivity contribution < 1.29 is 22.8 Å². The van der Waals surface area contributed by atoms with Gasteiger partial charge < -0.3 is 11.1 Å². The number of nitrogens with zero attached hydrogens (tertiary/aromatic N) is 1. The summed E-state index contributed by atoms with van der Waals surface area (Å²) in [5, 5.41) is 11.4. The summed E-state index contributed by atoms with van der Waals surface area (Å²) in [6.07, 6.45) is -4.64. The van der Waals surface area contributed by atoms with Crippen LogP contribution in [0.4, 0.5) is 13.2 Å². The number of halogens is 3. The van der Waals surface area contributed by atoms with E-state index >= 15 is 0 Å². The fourth-order valence-corrected chi connectivity index (χ4v) is 2.33. The summed E-state index contributed by atoms with van der Waals surface area (Å²) in [6, 6.07) is 11.1. The largest absolute Gasteiger partial charge is 0.416 e. The second-order valence-electron chi connectivity index (χ2n) is 5.48. The van der Waals surface area contributed by atoms with Crippen molar-refractivity contribution in [2.45, 2.75) is 18.6 Å². The van der Waals surface area contributed by atoms with Crippen molar-refractivity contribution in [2.75, 3.05) is 0 Å². The van der Waals surface area contributed by atoms with Crippen LogP contribution in [0.5, 0.6) is 0 Å². The van der Waals surface area contributed by atoms with Gasteiger partial charge in [0.1, 0.15) is 6.04 Å². The molecule has 2 aromatic rings. The van der Waals surface area contributed by atoms with Gasteiger partial charge >= 0.3 is 6.18 Å². The van der Waals surface area contributed by atoms with E-state index in [0.717, 1.165) is 12.1 Å². The number of benzene rings is 2. The van der Waals surface area contributed by atoms with Crippen molar-refractivity contribution in [3.05, 3.63) is 70.8 Å². The van der Waals surface area contributed by atoms with Gasteiger partial charge in [-0.05, 0) is 29.8 Å². The van der Waals surface area contributed by atoms with Gasteiger partial charge in [-0.3, -0.25) is 9.59 Å². The number of carbonyl (C=O) groups is 2. The maximum absolute atomic E-state index is 12.8. The number of nitriles is 1. The molecule has 134 valence electrons. The highest BCUT2D eigenvalue weighted by molar-refractivity contribution is 5.97. The molecule has 0 unspecified atom stereocenters. The van der Waals surface area contributed by atoms with Crippen molar-refractivity contribution in [3.8, 4) is 6.07 Å². The van der Waals surface area contributed by atoms with Crippen LogP contribution in [0.1, 0.15) is 27.0 Å². The van der Waals surface area contributed by atoms with Crippen LogP contribution in [0.2, 0.25) is 0 Å². The van der Waals surface area contributed by atoms with Crippen LogP contribution in [0.3, 0.4) is 0 Å². The number of alkyl halides is 3. The average molecular weight is 361 g/mol. The van der Waals surface area contributed by atoms with Gasteiger partial charge in [0.25, 0.3) is 5.91 Å². The second kappa shape index (κ2) is 7.70. The molecule has 3 N–H and O–H groups in total. The Morgan fingerprint density at radius 1 is 1.15 bits per heavy atom. The summed E-state index contributed by atoms with van der Waals surface area (Å²) >= 11 is 0. The normalized spacial score (nSPS) is 12.1. The molecular weight excluding hydrogens is 347 g/mol. The molecule has 0 aromatic heterocycles. The molecule has 5 nitrogen and oxygen atoms in total. The van der Waals surface area contributed by atoms with Gasteiger partial charge in [-0.1, -0.05) is 24.3 Å². The van der Waals surface area contributed by atoms with Gasteiger partial charge in [0.2, 0.25) is 5.91 Å². The zero-order valence-corrected chi connectivity index (χ0v) is 13.4. The first-order chi connectivity index (χ1) is 12.2. The molecule has 0 saturated heterocycles. The molecule has 2 aromatic carbocycles. The van der Waals surface area contributed by atoms with E-state index in [1.54, 1.807) is 24.3 Å². The summed E-state index contributed by atoms with van der Waals surface area (Å²) in [4.78, 5) is 23.9. The van der Waals surface area contributed by atoms with Gasteiger partial charge in [0, 0.05) is 12.0 Å². The molecule has 0 aliphatic rings. The molecule has 1 atom stereocenters. The smallest absolute Gasteiger partial charge is 0.368 e. The minimum Gasteiger partial charge on any atom is -0.368 e. The second-order valence-corrected chi connectivity index (χ2v) is 5.48. The fraction of sp³-hybridized carbons (Fsp3) is 0.167. The predicted molar refractivity (Wildman–Crippen MR) is 86.8 cm³/mol. The standard InChI is InChI=1S/C18H14F3N3O2/c19-18(20,21)14-7-3-6-12(8-14)17(26)24-15(16(23)25)9-11-4-1-2-5-13(11)10-22/h1-8,15H,9H2,(H2,23,25)(H,24,26)/t15-/m1/s1. The Labute approximate surface area is 147 Å². The summed E-state index contributed by atoms with van der Waals surface area (Å²) in [5.41, 5.74) is 4.86. The van der Waals surface area contributed by atoms with E-state index in [1.807, 2.05) is 6.07 Å². The molecule has 0 heterocycles. The van der Waals surface area contributed by atoms with Crippen molar-refractivity contribution in [3.63, 3.8) is 0 Å².